The summed E-state index contributed by atoms with van der Waals surface area (Å²) >= 11 is 6.09. The van der Waals surface area contributed by atoms with Crippen LogP contribution in [-0.4, -0.2) is 40.0 Å². The van der Waals surface area contributed by atoms with Crippen LogP contribution in [0.3, 0.4) is 0 Å². The molecule has 1 aromatic heterocycles. The van der Waals surface area contributed by atoms with Crippen LogP contribution in [0.4, 0.5) is 0 Å². The van der Waals surface area contributed by atoms with E-state index < -0.39 is 5.54 Å². The molecular formula is C28H32ClN3O3. The van der Waals surface area contributed by atoms with E-state index in [2.05, 4.69) is 5.32 Å². The Morgan fingerprint density at radius 1 is 1.09 bits per heavy atom. The van der Waals surface area contributed by atoms with Crippen LogP contribution in [-0.2, 0) is 17.9 Å². The molecule has 0 spiro atoms. The van der Waals surface area contributed by atoms with Crippen molar-refractivity contribution >= 4 is 34.3 Å². The first-order valence-corrected chi connectivity index (χ1v) is 12.8. The number of hydrogen-bond acceptors (Lipinski definition) is 3. The van der Waals surface area contributed by atoms with Gasteiger partial charge < -0.3 is 19.5 Å². The van der Waals surface area contributed by atoms with Gasteiger partial charge in [-0.15, -0.1) is 0 Å². The van der Waals surface area contributed by atoms with Gasteiger partial charge in [-0.05, 0) is 55.7 Å². The zero-order chi connectivity index (χ0) is 24.6. The molecule has 1 atom stereocenters. The highest BCUT2D eigenvalue weighted by atomic mass is 35.5. The molecule has 1 aliphatic carbocycles. The Labute approximate surface area is 211 Å². The smallest absolute Gasteiger partial charge is 0.271 e. The van der Waals surface area contributed by atoms with Crippen molar-refractivity contribution in [3.05, 3.63) is 64.8 Å². The zero-order valence-electron chi connectivity index (χ0n) is 20.4. The van der Waals surface area contributed by atoms with Gasteiger partial charge in [0.15, 0.2) is 0 Å². The van der Waals surface area contributed by atoms with E-state index in [1.165, 1.54) is 12.8 Å². The number of nitrogens with zero attached hydrogens (tertiary/aromatic N) is 2. The zero-order valence-corrected chi connectivity index (χ0v) is 21.1. The van der Waals surface area contributed by atoms with Gasteiger partial charge in [-0.1, -0.05) is 49.4 Å². The number of carbonyl (C=O) groups is 2. The lowest BCUT2D eigenvalue weighted by Gasteiger charge is -2.44. The summed E-state index contributed by atoms with van der Waals surface area (Å²) in [6, 6.07) is 15.3. The minimum absolute atomic E-state index is 0.0953. The minimum Gasteiger partial charge on any atom is -0.497 e. The number of hydrogen-bond donors (Lipinski definition) is 1. The molecule has 1 saturated carbocycles. The highest BCUT2D eigenvalue weighted by molar-refractivity contribution is 6.30. The van der Waals surface area contributed by atoms with Crippen molar-refractivity contribution in [3.63, 3.8) is 0 Å². The number of benzene rings is 2. The van der Waals surface area contributed by atoms with Gasteiger partial charge in [0, 0.05) is 29.1 Å². The summed E-state index contributed by atoms with van der Waals surface area (Å²) in [6.45, 7) is 2.59. The number of ether oxygens (including phenoxy) is 1. The Balaban J connectivity index is 1.55. The van der Waals surface area contributed by atoms with Crippen LogP contribution in [0.1, 0.15) is 61.5 Å². The van der Waals surface area contributed by atoms with Crippen molar-refractivity contribution in [2.75, 3.05) is 7.11 Å². The van der Waals surface area contributed by atoms with Crippen LogP contribution in [0.5, 0.6) is 5.75 Å². The summed E-state index contributed by atoms with van der Waals surface area (Å²) in [5, 5.41) is 4.91. The van der Waals surface area contributed by atoms with Crippen LogP contribution in [0.25, 0.3) is 10.9 Å². The maximum Gasteiger partial charge on any atom is 0.271 e. The first-order chi connectivity index (χ1) is 16.9. The maximum atomic E-state index is 13.9. The monoisotopic (exact) mass is 493 g/mol. The fraction of sp³-hybridized carbons (Fsp3) is 0.429. The fourth-order valence-corrected chi connectivity index (χ4v) is 5.57. The normalized spacial score (nSPS) is 21.0. The van der Waals surface area contributed by atoms with E-state index in [9.17, 15) is 9.59 Å². The summed E-state index contributed by atoms with van der Waals surface area (Å²) in [5.74, 6) is 0.473. The second-order valence-corrected chi connectivity index (χ2v) is 10.4. The van der Waals surface area contributed by atoms with Crippen LogP contribution >= 0.6 is 11.6 Å². The Kier molecular flexibility index (Phi) is 6.49. The van der Waals surface area contributed by atoms with Gasteiger partial charge in [-0.25, -0.2) is 0 Å². The van der Waals surface area contributed by atoms with Crippen LogP contribution < -0.4 is 10.1 Å². The van der Waals surface area contributed by atoms with Crippen LogP contribution in [0.2, 0.25) is 5.02 Å². The number of aromatic nitrogens is 1. The largest absolute Gasteiger partial charge is 0.497 e. The summed E-state index contributed by atoms with van der Waals surface area (Å²) in [7, 11) is 1.63. The van der Waals surface area contributed by atoms with Crippen molar-refractivity contribution in [2.24, 2.45) is 0 Å². The molecule has 0 saturated heterocycles. The van der Waals surface area contributed by atoms with E-state index in [0.29, 0.717) is 23.8 Å². The van der Waals surface area contributed by atoms with Gasteiger partial charge in [0.2, 0.25) is 5.91 Å². The van der Waals surface area contributed by atoms with Crippen molar-refractivity contribution in [2.45, 2.75) is 70.1 Å². The molecule has 0 bridgehead atoms. The standard InChI is InChI=1S/C28H32ClN3O3/c1-28(27(34)30-22-7-5-3-4-6-8-22)18-31-24-16-23(35-2)14-11-20(24)15-25(31)26(33)32(28)17-19-9-12-21(29)13-10-19/h9-16,22H,3-8,17-18H2,1-2H3,(H,30,34)/t28-/m0/s1. The Morgan fingerprint density at radius 2 is 1.80 bits per heavy atom. The van der Waals surface area contributed by atoms with Gasteiger partial charge >= 0.3 is 0 Å². The lowest BCUT2D eigenvalue weighted by Crippen LogP contribution is -2.64. The third kappa shape index (κ3) is 4.52. The van der Waals surface area contributed by atoms with Crippen LogP contribution in [0, 0.1) is 0 Å². The maximum absolute atomic E-state index is 13.9. The van der Waals surface area contributed by atoms with E-state index in [1.807, 2.05) is 60.0 Å². The van der Waals surface area contributed by atoms with Crippen molar-refractivity contribution < 1.29 is 14.3 Å². The van der Waals surface area contributed by atoms with E-state index in [4.69, 9.17) is 16.3 Å². The van der Waals surface area contributed by atoms with Crippen molar-refractivity contribution in [1.82, 2.24) is 14.8 Å². The molecule has 1 N–H and O–H groups in total. The molecule has 0 radical (unpaired) electrons. The topological polar surface area (TPSA) is 63.6 Å². The first-order valence-electron chi connectivity index (χ1n) is 12.4. The molecule has 2 heterocycles. The van der Waals surface area contributed by atoms with Gasteiger partial charge in [0.25, 0.3) is 5.91 Å². The van der Waals surface area contributed by atoms with Crippen molar-refractivity contribution in [1.29, 1.82) is 0 Å². The molecule has 6 nitrogen and oxygen atoms in total. The molecule has 184 valence electrons. The highest BCUT2D eigenvalue weighted by Gasteiger charge is 2.48. The Hall–Kier alpha value is -2.99. The highest BCUT2D eigenvalue weighted by Crippen LogP contribution is 2.35. The summed E-state index contributed by atoms with van der Waals surface area (Å²) in [6.07, 6.45) is 6.66. The molecule has 1 fully saturated rings. The average Bonchev–Trinajstić information content (AvgIpc) is 3.01. The summed E-state index contributed by atoms with van der Waals surface area (Å²) in [4.78, 5) is 29.6. The third-order valence-electron chi connectivity index (χ3n) is 7.57. The molecule has 2 aliphatic rings. The Morgan fingerprint density at radius 3 is 2.49 bits per heavy atom. The molecule has 3 aromatic rings. The Bertz CT molecular complexity index is 1240. The molecule has 2 aromatic carbocycles. The molecule has 1 aliphatic heterocycles. The third-order valence-corrected chi connectivity index (χ3v) is 7.82. The second kappa shape index (κ2) is 9.57. The molecular weight excluding hydrogens is 462 g/mol. The molecule has 2 amide bonds. The predicted octanol–water partition coefficient (Wildman–Crippen LogP) is 5.56. The molecule has 0 unspecified atom stereocenters. The first kappa shape index (κ1) is 23.7. The number of methoxy groups -OCH3 is 1. The van der Waals surface area contributed by atoms with Gasteiger partial charge in [0.05, 0.1) is 19.2 Å². The summed E-state index contributed by atoms with van der Waals surface area (Å²) in [5.41, 5.74) is 1.36. The molecule has 5 rings (SSSR count). The quantitative estimate of drug-likeness (QED) is 0.473. The van der Waals surface area contributed by atoms with Crippen LogP contribution in [0.15, 0.2) is 48.5 Å². The van der Waals surface area contributed by atoms with E-state index in [0.717, 1.165) is 47.9 Å². The minimum atomic E-state index is -1.05. The predicted molar refractivity (Wildman–Crippen MR) is 138 cm³/mol. The number of halogens is 1. The fourth-order valence-electron chi connectivity index (χ4n) is 5.44. The van der Waals surface area contributed by atoms with Gasteiger partial charge in [-0.2, -0.15) is 0 Å². The molecule has 7 heteroatoms. The number of rotatable bonds is 5. The number of fused-ring (bicyclic) bond motifs is 3. The molecule has 35 heavy (non-hydrogen) atoms. The van der Waals surface area contributed by atoms with E-state index >= 15 is 0 Å². The van der Waals surface area contributed by atoms with E-state index in [1.54, 1.807) is 12.0 Å². The van der Waals surface area contributed by atoms with Gasteiger partial charge in [0.1, 0.15) is 17.0 Å². The lowest BCUT2D eigenvalue weighted by atomic mass is 9.93. The van der Waals surface area contributed by atoms with Crippen molar-refractivity contribution in [3.8, 4) is 5.75 Å². The average molecular weight is 494 g/mol. The lowest BCUT2D eigenvalue weighted by molar-refractivity contribution is -0.134. The number of carbonyl (C=O) groups excluding carboxylic acids is 2. The SMILES string of the molecule is COc1ccc2cc3n(c2c1)C[C@@](C)(C(=O)NC1CCCCCC1)N(Cc1ccc(Cl)cc1)C3=O. The number of nitrogens with one attached hydrogen (secondary N) is 1. The number of amides is 2. The van der Waals surface area contributed by atoms with Gasteiger partial charge in [-0.3, -0.25) is 9.59 Å². The van der Waals surface area contributed by atoms with E-state index in [-0.39, 0.29) is 17.9 Å². The summed E-state index contributed by atoms with van der Waals surface area (Å²) < 4.78 is 7.41. The second-order valence-electron chi connectivity index (χ2n) is 9.99.